The van der Waals surface area contributed by atoms with Gasteiger partial charge in [-0.2, -0.15) is 0 Å². The van der Waals surface area contributed by atoms with Crippen molar-refractivity contribution in [3.8, 4) is 0 Å². The Morgan fingerprint density at radius 3 is 1.96 bits per heavy atom. The molecule has 2 aliphatic rings. The van der Waals surface area contributed by atoms with Gasteiger partial charge in [0.25, 0.3) is 0 Å². The van der Waals surface area contributed by atoms with Crippen molar-refractivity contribution in [3.05, 3.63) is 35.9 Å². The summed E-state index contributed by atoms with van der Waals surface area (Å²) in [6.07, 6.45) is 17.5. The smallest absolute Gasteiger partial charge is 0.00983 e. The molecule has 0 radical (unpaired) electrons. The van der Waals surface area contributed by atoms with E-state index in [0.29, 0.717) is 5.41 Å². The van der Waals surface area contributed by atoms with E-state index in [1.54, 1.807) is 0 Å². The fraction of sp³-hybridized carbons (Fsp3) is 0.778. The van der Waals surface area contributed by atoms with Gasteiger partial charge in [-0.05, 0) is 59.8 Å². The molecule has 0 amide bonds. The molecular weight excluding hydrogens is 324 g/mol. The Morgan fingerprint density at radius 2 is 1.37 bits per heavy atom. The topological polar surface area (TPSA) is 0 Å². The zero-order chi connectivity index (χ0) is 19.3. The van der Waals surface area contributed by atoms with Gasteiger partial charge in [-0.15, -0.1) is 0 Å². The largest absolute Gasteiger partial charge is 0.0622 e. The second-order valence-corrected chi connectivity index (χ2v) is 11.0. The molecule has 0 saturated heterocycles. The monoisotopic (exact) mass is 368 g/mol. The van der Waals surface area contributed by atoms with Crippen molar-refractivity contribution in [2.45, 2.75) is 110 Å². The highest BCUT2D eigenvalue weighted by atomic mass is 14.5. The first-order valence-corrected chi connectivity index (χ1v) is 12.0. The van der Waals surface area contributed by atoms with Gasteiger partial charge >= 0.3 is 0 Å². The van der Waals surface area contributed by atoms with Crippen LogP contribution in [-0.2, 0) is 5.41 Å². The minimum Gasteiger partial charge on any atom is -0.0622 e. The Balaban J connectivity index is 1.78. The molecule has 1 aromatic rings. The van der Waals surface area contributed by atoms with E-state index in [9.17, 15) is 0 Å². The van der Waals surface area contributed by atoms with Crippen molar-refractivity contribution in [2.75, 3.05) is 0 Å². The zero-order valence-corrected chi connectivity index (χ0v) is 18.6. The Labute approximate surface area is 169 Å². The Morgan fingerprint density at radius 1 is 0.815 bits per heavy atom. The lowest BCUT2D eigenvalue weighted by molar-refractivity contribution is 0.0541. The van der Waals surface area contributed by atoms with Gasteiger partial charge in [-0.3, -0.25) is 0 Å². The van der Waals surface area contributed by atoms with E-state index in [0.717, 1.165) is 17.8 Å². The van der Waals surface area contributed by atoms with Crippen LogP contribution in [-0.4, -0.2) is 0 Å². The van der Waals surface area contributed by atoms with Crippen LogP contribution in [0.3, 0.4) is 0 Å². The van der Waals surface area contributed by atoms with Gasteiger partial charge in [0.2, 0.25) is 0 Å². The molecule has 27 heavy (non-hydrogen) atoms. The Bertz CT molecular complexity index is 545. The van der Waals surface area contributed by atoms with E-state index in [1.165, 1.54) is 82.6 Å². The molecule has 0 heterocycles. The average Bonchev–Trinajstić information content (AvgIpc) is 2.69. The third kappa shape index (κ3) is 5.39. The molecule has 0 heteroatoms. The van der Waals surface area contributed by atoms with Crippen LogP contribution in [0.2, 0.25) is 0 Å². The van der Waals surface area contributed by atoms with Crippen molar-refractivity contribution in [2.24, 2.45) is 23.2 Å². The summed E-state index contributed by atoms with van der Waals surface area (Å²) in [7, 11) is 0. The zero-order valence-electron chi connectivity index (χ0n) is 18.6. The van der Waals surface area contributed by atoms with Gasteiger partial charge in [-0.1, -0.05) is 109 Å². The van der Waals surface area contributed by atoms with Crippen LogP contribution in [0.15, 0.2) is 30.3 Å². The summed E-state index contributed by atoms with van der Waals surface area (Å²) in [6, 6.07) is 11.3. The van der Waals surface area contributed by atoms with Gasteiger partial charge in [0.1, 0.15) is 0 Å². The lowest BCUT2D eigenvalue weighted by Crippen LogP contribution is -2.38. The van der Waals surface area contributed by atoms with Crippen molar-refractivity contribution >= 4 is 0 Å². The summed E-state index contributed by atoms with van der Waals surface area (Å²) >= 11 is 0. The maximum Gasteiger partial charge on any atom is -0.00983 e. The summed E-state index contributed by atoms with van der Waals surface area (Å²) in [5.41, 5.74) is 2.27. The molecule has 0 spiro atoms. The molecule has 0 N–H and O–H groups in total. The predicted molar refractivity (Wildman–Crippen MR) is 119 cm³/mol. The van der Waals surface area contributed by atoms with Crippen molar-refractivity contribution in [3.63, 3.8) is 0 Å². The minimum absolute atomic E-state index is 0.264. The van der Waals surface area contributed by atoms with Gasteiger partial charge in [-0.25, -0.2) is 0 Å². The molecule has 2 fully saturated rings. The first-order valence-electron chi connectivity index (χ1n) is 12.0. The predicted octanol–water partition coefficient (Wildman–Crippen LogP) is 8.55. The highest BCUT2D eigenvalue weighted by Gasteiger charge is 2.41. The quantitative estimate of drug-likeness (QED) is 0.452. The molecular formula is C27H44. The molecule has 2 saturated carbocycles. The fourth-order valence-electron chi connectivity index (χ4n) is 6.79. The maximum absolute atomic E-state index is 2.67. The lowest BCUT2D eigenvalue weighted by Gasteiger charge is -2.47. The summed E-state index contributed by atoms with van der Waals surface area (Å²) in [5, 5.41) is 0. The van der Waals surface area contributed by atoms with E-state index in [2.05, 4.69) is 58.0 Å². The van der Waals surface area contributed by atoms with Crippen LogP contribution in [0, 0.1) is 23.2 Å². The number of benzene rings is 1. The number of rotatable bonds is 7. The minimum atomic E-state index is 0.264. The van der Waals surface area contributed by atoms with Gasteiger partial charge in [0.15, 0.2) is 0 Å². The molecule has 0 nitrogen and oxygen atoms in total. The van der Waals surface area contributed by atoms with E-state index in [-0.39, 0.29) is 5.41 Å². The molecule has 152 valence electrons. The third-order valence-electron chi connectivity index (χ3n) is 8.23. The van der Waals surface area contributed by atoms with Crippen LogP contribution < -0.4 is 0 Å². The highest BCUT2D eigenvalue weighted by molar-refractivity contribution is 5.24. The van der Waals surface area contributed by atoms with Crippen molar-refractivity contribution < 1.29 is 0 Å². The van der Waals surface area contributed by atoms with E-state index in [4.69, 9.17) is 0 Å². The molecule has 2 unspecified atom stereocenters. The van der Waals surface area contributed by atoms with Crippen LogP contribution in [0.4, 0.5) is 0 Å². The van der Waals surface area contributed by atoms with Crippen molar-refractivity contribution in [1.82, 2.24) is 0 Å². The van der Waals surface area contributed by atoms with Crippen LogP contribution >= 0.6 is 0 Å². The SMILES string of the molecule is CC(CC(C)(CC(C)(C)c1ccccc1)C1CCCCC1)C1CCCCC1. The van der Waals surface area contributed by atoms with Crippen LogP contribution in [0.1, 0.15) is 110 Å². The molecule has 0 bridgehead atoms. The van der Waals surface area contributed by atoms with Crippen molar-refractivity contribution in [1.29, 1.82) is 0 Å². The van der Waals surface area contributed by atoms with Crippen LogP contribution in [0.25, 0.3) is 0 Å². The normalized spacial score (nSPS) is 23.7. The molecule has 3 rings (SSSR count). The number of hydrogen-bond acceptors (Lipinski definition) is 0. The first kappa shape index (κ1) is 20.9. The van der Waals surface area contributed by atoms with Crippen LogP contribution in [0.5, 0.6) is 0 Å². The lowest BCUT2D eigenvalue weighted by atomic mass is 9.58. The standard InChI is InChI=1S/C27H44/c1-22(23-14-8-5-9-15-23)20-27(4,25-18-12-7-13-19-25)21-26(2,3)24-16-10-6-11-17-24/h6,10-11,16-17,22-23,25H,5,7-9,12-15,18-21H2,1-4H3. The first-order chi connectivity index (χ1) is 12.9. The summed E-state index contributed by atoms with van der Waals surface area (Å²) in [5.74, 6) is 2.81. The molecule has 0 aromatic heterocycles. The second kappa shape index (κ2) is 9.15. The molecule has 2 aliphatic carbocycles. The molecule has 2 atom stereocenters. The molecule has 0 aliphatic heterocycles. The fourth-order valence-corrected chi connectivity index (χ4v) is 6.79. The van der Waals surface area contributed by atoms with Gasteiger partial charge < -0.3 is 0 Å². The summed E-state index contributed by atoms with van der Waals surface area (Å²) in [6.45, 7) is 10.3. The Kier molecular flexibility index (Phi) is 7.09. The summed E-state index contributed by atoms with van der Waals surface area (Å²) < 4.78 is 0. The molecule has 1 aromatic carbocycles. The van der Waals surface area contributed by atoms with Gasteiger partial charge in [0, 0.05) is 0 Å². The van der Waals surface area contributed by atoms with E-state index >= 15 is 0 Å². The van der Waals surface area contributed by atoms with E-state index in [1.807, 2.05) is 0 Å². The van der Waals surface area contributed by atoms with E-state index < -0.39 is 0 Å². The van der Waals surface area contributed by atoms with Gasteiger partial charge in [0.05, 0.1) is 0 Å². The average molecular weight is 369 g/mol. The highest BCUT2D eigenvalue weighted by Crippen LogP contribution is 2.51. The third-order valence-corrected chi connectivity index (χ3v) is 8.23. The summed E-state index contributed by atoms with van der Waals surface area (Å²) in [4.78, 5) is 0. The maximum atomic E-state index is 2.67. The number of hydrogen-bond donors (Lipinski definition) is 0. The Hall–Kier alpha value is -0.780. The second-order valence-electron chi connectivity index (χ2n) is 11.0.